The Balaban J connectivity index is 1.39. The van der Waals surface area contributed by atoms with Crippen molar-refractivity contribution in [2.75, 3.05) is 31.5 Å². The number of hydrogen-bond acceptors (Lipinski definition) is 5. The van der Waals surface area contributed by atoms with Crippen LogP contribution in [0, 0.1) is 0 Å². The fourth-order valence-corrected chi connectivity index (χ4v) is 4.03. The van der Waals surface area contributed by atoms with Gasteiger partial charge in [-0.15, -0.1) is 0 Å². The number of thiophene rings is 1. The van der Waals surface area contributed by atoms with Crippen LogP contribution in [0.2, 0.25) is 0 Å². The zero-order valence-corrected chi connectivity index (χ0v) is 16.8. The third-order valence-corrected chi connectivity index (χ3v) is 5.69. The molecule has 0 bridgehead atoms. The van der Waals surface area contributed by atoms with Crippen LogP contribution in [0.3, 0.4) is 0 Å². The molecule has 3 heterocycles. The van der Waals surface area contributed by atoms with E-state index in [0.29, 0.717) is 29.9 Å². The van der Waals surface area contributed by atoms with Gasteiger partial charge in [-0.25, -0.2) is 0 Å². The van der Waals surface area contributed by atoms with E-state index < -0.39 is 0 Å². The van der Waals surface area contributed by atoms with Gasteiger partial charge in [0.05, 0.1) is 16.8 Å². The minimum Gasteiger partial charge on any atom is -0.336 e. The second-order valence-electron chi connectivity index (χ2n) is 6.94. The highest BCUT2D eigenvalue weighted by molar-refractivity contribution is 7.08. The quantitative estimate of drug-likeness (QED) is 0.706. The first-order valence-electron chi connectivity index (χ1n) is 9.54. The van der Waals surface area contributed by atoms with Crippen LogP contribution in [0.5, 0.6) is 0 Å². The fourth-order valence-electron chi connectivity index (χ4n) is 3.39. The number of amides is 2. The molecule has 1 saturated heterocycles. The third-order valence-electron chi connectivity index (χ3n) is 5.00. The molecule has 148 valence electrons. The number of hydrogen-bond donors (Lipinski definition) is 1. The molecule has 3 aromatic rings. The van der Waals surface area contributed by atoms with Gasteiger partial charge in [-0.3, -0.25) is 19.5 Å². The van der Waals surface area contributed by atoms with Crippen LogP contribution in [0.4, 0.5) is 5.69 Å². The number of carbonyl (C=O) groups is 2. The molecule has 0 aliphatic carbocycles. The lowest BCUT2D eigenvalue weighted by Crippen LogP contribution is -2.48. The maximum atomic E-state index is 13.1. The topological polar surface area (TPSA) is 65.5 Å². The summed E-state index contributed by atoms with van der Waals surface area (Å²) in [6.45, 7) is 3.82. The van der Waals surface area contributed by atoms with Crippen LogP contribution in [0.15, 0.2) is 65.6 Å². The van der Waals surface area contributed by atoms with Gasteiger partial charge in [0.2, 0.25) is 0 Å². The molecule has 29 heavy (non-hydrogen) atoms. The number of aromatic nitrogens is 1. The summed E-state index contributed by atoms with van der Waals surface area (Å²) < 4.78 is 0. The van der Waals surface area contributed by atoms with Crippen molar-refractivity contribution < 1.29 is 9.59 Å². The molecular weight excluding hydrogens is 384 g/mol. The van der Waals surface area contributed by atoms with Crippen molar-refractivity contribution in [1.82, 2.24) is 14.8 Å². The zero-order chi connectivity index (χ0) is 20.1. The van der Waals surface area contributed by atoms with Gasteiger partial charge in [-0.2, -0.15) is 11.3 Å². The molecule has 1 aliphatic rings. The molecule has 2 amide bonds. The lowest BCUT2D eigenvalue weighted by molar-refractivity contribution is 0.0629. The van der Waals surface area contributed by atoms with Crippen LogP contribution in [-0.4, -0.2) is 52.8 Å². The van der Waals surface area contributed by atoms with Gasteiger partial charge >= 0.3 is 0 Å². The van der Waals surface area contributed by atoms with Crippen LogP contribution in [0.1, 0.15) is 26.3 Å². The van der Waals surface area contributed by atoms with Gasteiger partial charge in [0.1, 0.15) is 0 Å². The molecule has 0 saturated carbocycles. The zero-order valence-electron chi connectivity index (χ0n) is 16.0. The summed E-state index contributed by atoms with van der Waals surface area (Å²) in [5, 5.41) is 6.53. The van der Waals surface area contributed by atoms with Crippen LogP contribution in [0.25, 0.3) is 0 Å². The average Bonchev–Trinajstić information content (AvgIpc) is 3.30. The molecule has 1 aromatic carbocycles. The van der Waals surface area contributed by atoms with Gasteiger partial charge in [0.15, 0.2) is 0 Å². The van der Waals surface area contributed by atoms with Crippen molar-refractivity contribution in [2.24, 2.45) is 0 Å². The molecule has 1 aliphatic heterocycles. The molecule has 0 unspecified atom stereocenters. The van der Waals surface area contributed by atoms with E-state index in [9.17, 15) is 9.59 Å². The van der Waals surface area contributed by atoms with Gasteiger partial charge in [-0.1, -0.05) is 12.1 Å². The number of nitrogens with zero attached hydrogens (tertiary/aromatic N) is 3. The highest BCUT2D eigenvalue weighted by Crippen LogP contribution is 2.20. The first-order valence-corrected chi connectivity index (χ1v) is 10.5. The van der Waals surface area contributed by atoms with Crippen molar-refractivity contribution in [2.45, 2.75) is 6.54 Å². The Morgan fingerprint density at radius 3 is 2.48 bits per heavy atom. The van der Waals surface area contributed by atoms with Gasteiger partial charge in [0.25, 0.3) is 11.8 Å². The third kappa shape index (κ3) is 4.70. The summed E-state index contributed by atoms with van der Waals surface area (Å²) in [5.41, 5.74) is 2.90. The Kier molecular flexibility index (Phi) is 5.97. The maximum absolute atomic E-state index is 13.1. The summed E-state index contributed by atoms with van der Waals surface area (Å²) >= 11 is 1.47. The Labute approximate surface area is 173 Å². The van der Waals surface area contributed by atoms with Crippen LogP contribution < -0.4 is 5.32 Å². The molecule has 1 fully saturated rings. The minimum atomic E-state index is -0.200. The second kappa shape index (κ2) is 8.98. The fraction of sp³-hybridized carbons (Fsp3) is 0.227. The normalized spacial score (nSPS) is 14.6. The number of pyridine rings is 1. The molecule has 6 nitrogen and oxygen atoms in total. The summed E-state index contributed by atoms with van der Waals surface area (Å²) in [7, 11) is 0. The van der Waals surface area contributed by atoms with E-state index >= 15 is 0 Å². The first kappa shape index (κ1) is 19.3. The van der Waals surface area contributed by atoms with Crippen molar-refractivity contribution in [1.29, 1.82) is 0 Å². The van der Waals surface area contributed by atoms with Gasteiger partial charge in [-0.05, 0) is 41.3 Å². The summed E-state index contributed by atoms with van der Waals surface area (Å²) in [5.74, 6) is -0.247. The number of benzene rings is 1. The van der Waals surface area contributed by atoms with Gasteiger partial charge in [0, 0.05) is 50.5 Å². The van der Waals surface area contributed by atoms with E-state index in [0.717, 1.165) is 19.6 Å². The number of rotatable bonds is 5. The lowest BCUT2D eigenvalue weighted by atomic mass is 10.1. The SMILES string of the molecule is O=C(Nc1ccccc1C(=O)N1CCN(Cc2ccncc2)CC1)c1ccsc1. The molecular formula is C22H22N4O2S. The number of nitrogens with one attached hydrogen (secondary N) is 1. The molecule has 7 heteroatoms. The van der Waals surface area contributed by atoms with Crippen LogP contribution in [-0.2, 0) is 6.54 Å². The Hall–Kier alpha value is -3.03. The standard InChI is InChI=1S/C22H22N4O2S/c27-21(18-7-14-29-16-18)24-20-4-2-1-3-19(20)22(28)26-12-10-25(11-13-26)15-17-5-8-23-9-6-17/h1-9,14,16H,10-13,15H2,(H,24,27). The van der Waals surface area contributed by atoms with E-state index in [1.807, 2.05) is 34.5 Å². The number of anilines is 1. The monoisotopic (exact) mass is 406 g/mol. The number of para-hydroxylation sites is 1. The molecule has 0 radical (unpaired) electrons. The molecule has 1 N–H and O–H groups in total. The van der Waals surface area contributed by atoms with E-state index in [4.69, 9.17) is 0 Å². The van der Waals surface area contributed by atoms with E-state index in [1.54, 1.807) is 36.0 Å². The lowest BCUT2D eigenvalue weighted by Gasteiger charge is -2.35. The van der Waals surface area contributed by atoms with E-state index in [2.05, 4.69) is 15.2 Å². The summed E-state index contributed by atoms with van der Waals surface area (Å²) in [6.07, 6.45) is 3.60. The Bertz CT molecular complexity index is 967. The summed E-state index contributed by atoms with van der Waals surface area (Å²) in [4.78, 5) is 33.8. The van der Waals surface area contributed by atoms with Crippen molar-refractivity contribution in [3.8, 4) is 0 Å². The van der Waals surface area contributed by atoms with E-state index in [-0.39, 0.29) is 11.8 Å². The molecule has 4 rings (SSSR count). The highest BCUT2D eigenvalue weighted by Gasteiger charge is 2.24. The Morgan fingerprint density at radius 1 is 1.00 bits per heavy atom. The predicted octanol–water partition coefficient (Wildman–Crippen LogP) is 3.35. The van der Waals surface area contributed by atoms with Crippen molar-refractivity contribution in [3.05, 3.63) is 82.3 Å². The maximum Gasteiger partial charge on any atom is 0.256 e. The first-order chi connectivity index (χ1) is 14.2. The second-order valence-corrected chi connectivity index (χ2v) is 7.72. The molecule has 2 aromatic heterocycles. The van der Waals surface area contributed by atoms with Crippen molar-refractivity contribution in [3.63, 3.8) is 0 Å². The Morgan fingerprint density at radius 2 is 1.76 bits per heavy atom. The number of carbonyl (C=O) groups excluding carboxylic acids is 2. The number of piperazine rings is 1. The van der Waals surface area contributed by atoms with Crippen LogP contribution >= 0.6 is 11.3 Å². The molecule has 0 atom stereocenters. The van der Waals surface area contributed by atoms with Crippen molar-refractivity contribution >= 4 is 28.8 Å². The highest BCUT2D eigenvalue weighted by atomic mass is 32.1. The van der Waals surface area contributed by atoms with E-state index in [1.165, 1.54) is 16.9 Å². The van der Waals surface area contributed by atoms with Gasteiger partial charge < -0.3 is 10.2 Å². The average molecular weight is 407 g/mol. The minimum absolute atomic E-state index is 0.0465. The predicted molar refractivity (Wildman–Crippen MR) is 114 cm³/mol. The largest absolute Gasteiger partial charge is 0.336 e. The smallest absolute Gasteiger partial charge is 0.256 e. The summed E-state index contributed by atoms with van der Waals surface area (Å²) in [6, 6.07) is 13.0. The molecule has 0 spiro atoms.